The Bertz CT molecular complexity index is 1400. The maximum absolute atomic E-state index is 13.5. The van der Waals surface area contributed by atoms with Crippen molar-refractivity contribution in [2.24, 2.45) is 11.7 Å². The van der Waals surface area contributed by atoms with Crippen molar-refractivity contribution >= 4 is 42.8 Å². The number of rotatable bonds is 13. The van der Waals surface area contributed by atoms with Crippen molar-refractivity contribution < 1.29 is 26.4 Å². The predicted molar refractivity (Wildman–Crippen MR) is 165 cm³/mol. The Kier molecular flexibility index (Phi) is 11.2. The van der Waals surface area contributed by atoms with Crippen LogP contribution in [-0.2, 0) is 24.6 Å². The van der Waals surface area contributed by atoms with E-state index in [0.717, 1.165) is 35.5 Å². The van der Waals surface area contributed by atoms with Gasteiger partial charge in [0, 0.05) is 44.7 Å². The summed E-state index contributed by atoms with van der Waals surface area (Å²) < 4.78 is 56.9. The van der Waals surface area contributed by atoms with E-state index in [2.05, 4.69) is 24.1 Å². The molecule has 2 aromatic rings. The third kappa shape index (κ3) is 8.67. The summed E-state index contributed by atoms with van der Waals surface area (Å²) in [5, 5.41) is 2.79. The number of methoxy groups -OCH3 is 1. The van der Waals surface area contributed by atoms with Crippen LogP contribution in [0.4, 0.5) is 17.1 Å². The molecule has 0 bridgehead atoms. The monoisotopic (exact) mass is 608 g/mol. The molecule has 228 valence electrons. The molecule has 1 heterocycles. The van der Waals surface area contributed by atoms with Crippen molar-refractivity contribution in [3.05, 3.63) is 48.0 Å². The van der Waals surface area contributed by atoms with Crippen LogP contribution in [0.3, 0.4) is 0 Å². The van der Waals surface area contributed by atoms with Gasteiger partial charge >= 0.3 is 0 Å². The number of amides is 1. The van der Waals surface area contributed by atoms with Crippen LogP contribution in [0, 0.1) is 5.92 Å². The number of hydrogen-bond acceptors (Lipinski definition) is 8. The van der Waals surface area contributed by atoms with Gasteiger partial charge in [0.25, 0.3) is 5.91 Å². The van der Waals surface area contributed by atoms with Gasteiger partial charge in [-0.1, -0.05) is 33.1 Å². The van der Waals surface area contributed by atoms with Crippen molar-refractivity contribution in [1.82, 2.24) is 0 Å². The van der Waals surface area contributed by atoms with Gasteiger partial charge in [-0.2, -0.15) is 0 Å². The average Bonchev–Trinajstić information content (AvgIpc) is 2.94. The van der Waals surface area contributed by atoms with E-state index in [4.69, 9.17) is 10.5 Å². The molecule has 1 amide bonds. The van der Waals surface area contributed by atoms with Crippen molar-refractivity contribution in [3.8, 4) is 0 Å². The Hall–Kier alpha value is -2.67. The third-order valence-corrected chi connectivity index (χ3v) is 10.9. The molecule has 0 unspecified atom stereocenters. The second-order valence-electron chi connectivity index (χ2n) is 10.9. The number of piperidine rings is 1. The first-order chi connectivity index (χ1) is 19.3. The topological polar surface area (TPSA) is 139 Å². The number of anilines is 3. The standard InChI is InChI=1S/C29H44N4O6S2/c1-6-21(2)9-7-8-18-41(37,38)24-13-10-22(11-14-24)31-29(34)25-19-23(12-15-27(25)32(3)40(5,35)36)33-17-16-26(30)28(20-33)39-4/h10-15,19,21,26,28H,6-9,16-18,20,30H2,1-5H3,(H,31,34)/t21-,26-,28-/m1/s1. The van der Waals surface area contributed by atoms with Gasteiger partial charge in [-0.25, -0.2) is 16.8 Å². The second-order valence-corrected chi connectivity index (χ2v) is 15.0. The van der Waals surface area contributed by atoms with Crippen molar-refractivity contribution in [3.63, 3.8) is 0 Å². The number of sulfone groups is 1. The van der Waals surface area contributed by atoms with Gasteiger partial charge in [0.05, 0.1) is 34.3 Å². The number of ether oxygens (including phenoxy) is 1. The number of hydrogen-bond donors (Lipinski definition) is 2. The summed E-state index contributed by atoms with van der Waals surface area (Å²) in [7, 11) is -4.07. The molecule has 0 spiro atoms. The van der Waals surface area contributed by atoms with E-state index in [9.17, 15) is 21.6 Å². The Morgan fingerprint density at radius 1 is 1.15 bits per heavy atom. The molecule has 0 aromatic heterocycles. The first-order valence-corrected chi connectivity index (χ1v) is 17.5. The number of carbonyl (C=O) groups is 1. The maximum atomic E-state index is 13.5. The summed E-state index contributed by atoms with van der Waals surface area (Å²) in [5.74, 6) is 0.142. The van der Waals surface area contributed by atoms with Gasteiger partial charge in [-0.05, 0) is 61.2 Å². The van der Waals surface area contributed by atoms with Crippen LogP contribution < -0.4 is 20.3 Å². The molecule has 0 aliphatic carbocycles. The number of benzene rings is 2. The summed E-state index contributed by atoms with van der Waals surface area (Å²) in [6, 6.07) is 11.0. The molecule has 3 rings (SSSR count). The van der Waals surface area contributed by atoms with E-state index < -0.39 is 25.8 Å². The van der Waals surface area contributed by atoms with Crippen LogP contribution in [0.2, 0.25) is 0 Å². The van der Waals surface area contributed by atoms with Gasteiger partial charge in [0.15, 0.2) is 9.84 Å². The van der Waals surface area contributed by atoms with Gasteiger partial charge < -0.3 is 20.7 Å². The average molecular weight is 609 g/mol. The van der Waals surface area contributed by atoms with E-state index in [1.165, 1.54) is 19.2 Å². The van der Waals surface area contributed by atoms with Crippen molar-refractivity contribution in [2.75, 3.05) is 53.8 Å². The fraction of sp³-hybridized carbons (Fsp3) is 0.552. The Morgan fingerprint density at radius 3 is 2.44 bits per heavy atom. The number of nitrogens with two attached hydrogens (primary N) is 1. The van der Waals surface area contributed by atoms with Crippen LogP contribution >= 0.6 is 0 Å². The summed E-state index contributed by atoms with van der Waals surface area (Å²) in [4.78, 5) is 15.8. The van der Waals surface area contributed by atoms with Crippen LogP contribution in [0.1, 0.15) is 56.3 Å². The zero-order valence-electron chi connectivity index (χ0n) is 24.7. The zero-order chi connectivity index (χ0) is 30.4. The van der Waals surface area contributed by atoms with Crippen molar-refractivity contribution in [2.45, 2.75) is 63.0 Å². The summed E-state index contributed by atoms with van der Waals surface area (Å²) in [6.45, 7) is 5.50. The lowest BCUT2D eigenvalue weighted by molar-refractivity contribution is 0.0730. The number of nitrogens with one attached hydrogen (secondary N) is 1. The highest BCUT2D eigenvalue weighted by molar-refractivity contribution is 7.92. The minimum atomic E-state index is -3.64. The first-order valence-electron chi connectivity index (χ1n) is 14.0. The Labute approximate surface area is 245 Å². The van der Waals surface area contributed by atoms with Gasteiger partial charge in [0.1, 0.15) is 0 Å². The van der Waals surface area contributed by atoms with E-state index in [1.54, 1.807) is 37.4 Å². The van der Waals surface area contributed by atoms with Crippen LogP contribution in [0.25, 0.3) is 0 Å². The van der Waals surface area contributed by atoms with E-state index in [1.807, 2.05) is 0 Å². The molecule has 0 saturated carbocycles. The molecule has 3 N–H and O–H groups in total. The highest BCUT2D eigenvalue weighted by Crippen LogP contribution is 2.30. The SMILES string of the molecule is CC[C@@H](C)CCCCS(=O)(=O)c1ccc(NC(=O)c2cc(N3CC[C@@H](N)[C@H](OC)C3)ccc2N(C)S(C)(=O)=O)cc1. The third-order valence-electron chi connectivity index (χ3n) is 7.87. The highest BCUT2D eigenvalue weighted by Gasteiger charge is 2.28. The van der Waals surface area contributed by atoms with E-state index in [-0.39, 0.29) is 34.0 Å². The normalized spacial score (nSPS) is 18.6. The molecule has 1 aliphatic rings. The van der Waals surface area contributed by atoms with E-state index >= 15 is 0 Å². The molecule has 1 aliphatic heterocycles. The Balaban J connectivity index is 1.81. The fourth-order valence-corrected chi connectivity index (χ4v) is 6.71. The first kappa shape index (κ1) is 32.8. The Morgan fingerprint density at radius 2 is 1.83 bits per heavy atom. The molecule has 1 saturated heterocycles. The molecule has 41 heavy (non-hydrogen) atoms. The lowest BCUT2D eigenvalue weighted by atomic mass is 10.0. The number of sulfonamides is 1. The fourth-order valence-electron chi connectivity index (χ4n) is 4.83. The quantitative estimate of drug-likeness (QED) is 0.327. The van der Waals surface area contributed by atoms with Crippen molar-refractivity contribution in [1.29, 1.82) is 0 Å². The lowest BCUT2D eigenvalue weighted by Crippen LogP contribution is -2.51. The van der Waals surface area contributed by atoms with E-state index in [0.29, 0.717) is 37.5 Å². The highest BCUT2D eigenvalue weighted by atomic mass is 32.2. The summed E-state index contributed by atoms with van der Waals surface area (Å²) in [5.41, 5.74) is 7.69. The van der Waals surface area contributed by atoms with Crippen LogP contribution in [-0.4, -0.2) is 74.1 Å². The van der Waals surface area contributed by atoms with Gasteiger partial charge in [0.2, 0.25) is 10.0 Å². The molecule has 1 fully saturated rings. The maximum Gasteiger partial charge on any atom is 0.257 e. The predicted octanol–water partition coefficient (Wildman–Crippen LogP) is 3.88. The number of nitrogens with zero attached hydrogens (tertiary/aromatic N) is 2. The minimum Gasteiger partial charge on any atom is -0.378 e. The summed E-state index contributed by atoms with van der Waals surface area (Å²) >= 11 is 0. The smallest absolute Gasteiger partial charge is 0.257 e. The zero-order valence-corrected chi connectivity index (χ0v) is 26.3. The number of unbranched alkanes of at least 4 members (excludes halogenated alkanes) is 1. The molecule has 2 aromatic carbocycles. The van der Waals surface area contributed by atoms with Gasteiger partial charge in [-0.3, -0.25) is 9.10 Å². The number of carbonyl (C=O) groups excluding carboxylic acids is 1. The molecule has 0 radical (unpaired) electrons. The largest absolute Gasteiger partial charge is 0.378 e. The minimum absolute atomic E-state index is 0.0778. The second kappa shape index (κ2) is 14.0. The molecule has 10 nitrogen and oxygen atoms in total. The molecule has 3 atom stereocenters. The lowest BCUT2D eigenvalue weighted by Gasteiger charge is -2.37. The van der Waals surface area contributed by atoms with Gasteiger partial charge in [-0.15, -0.1) is 0 Å². The molecular formula is C29H44N4O6S2. The molecule has 12 heteroatoms. The van der Waals surface area contributed by atoms with Crippen LogP contribution in [0.15, 0.2) is 47.4 Å². The van der Waals surface area contributed by atoms with Crippen LogP contribution in [0.5, 0.6) is 0 Å². The summed E-state index contributed by atoms with van der Waals surface area (Å²) in [6.07, 6.45) is 5.16. The molecular weight excluding hydrogens is 564 g/mol.